The van der Waals surface area contributed by atoms with E-state index >= 15 is 0 Å². The first kappa shape index (κ1) is 19.1. The first-order chi connectivity index (χ1) is 13.1. The standard InChI is InChI=1S/C20H23N3O3S/c1-22(2)11-5-12-23(19(24)18-6-4-13-26-18)20-21-17(14-27-20)15-7-9-16(25-3)10-8-15/h4,6-10,13-14H,5,11-12H2,1-3H3/p+1. The number of hydrogen-bond donors (Lipinski definition) is 1. The Bertz CT molecular complexity index is 857. The van der Waals surface area contributed by atoms with Crippen LogP contribution in [0.5, 0.6) is 5.75 Å². The first-order valence-electron chi connectivity index (χ1n) is 8.83. The Morgan fingerprint density at radius 3 is 2.67 bits per heavy atom. The van der Waals surface area contributed by atoms with Crippen molar-refractivity contribution in [2.45, 2.75) is 6.42 Å². The molecule has 3 rings (SSSR count). The van der Waals surface area contributed by atoms with Gasteiger partial charge in [0.05, 0.1) is 39.7 Å². The Balaban J connectivity index is 1.83. The molecule has 3 aromatic rings. The lowest BCUT2D eigenvalue weighted by Gasteiger charge is -2.19. The van der Waals surface area contributed by atoms with E-state index in [0.717, 1.165) is 30.0 Å². The normalized spacial score (nSPS) is 11.0. The van der Waals surface area contributed by atoms with E-state index in [0.29, 0.717) is 17.4 Å². The molecule has 2 heterocycles. The summed E-state index contributed by atoms with van der Waals surface area (Å²) in [7, 11) is 5.84. The summed E-state index contributed by atoms with van der Waals surface area (Å²) in [6.45, 7) is 1.57. The molecule has 0 unspecified atom stereocenters. The van der Waals surface area contributed by atoms with E-state index in [1.165, 1.54) is 22.5 Å². The molecule has 0 saturated heterocycles. The number of rotatable bonds is 8. The molecule has 0 atom stereocenters. The van der Waals surface area contributed by atoms with Crippen LogP contribution in [0, 0.1) is 0 Å². The summed E-state index contributed by atoms with van der Waals surface area (Å²) >= 11 is 1.46. The van der Waals surface area contributed by atoms with Gasteiger partial charge in [0.1, 0.15) is 5.75 Å². The molecular weight excluding hydrogens is 362 g/mol. The highest BCUT2D eigenvalue weighted by molar-refractivity contribution is 7.14. The molecule has 0 radical (unpaired) electrons. The Kier molecular flexibility index (Phi) is 6.26. The van der Waals surface area contributed by atoms with Crippen LogP contribution in [0.2, 0.25) is 0 Å². The lowest BCUT2D eigenvalue weighted by Crippen LogP contribution is -3.05. The summed E-state index contributed by atoms with van der Waals surface area (Å²) in [5.41, 5.74) is 1.83. The molecule has 0 spiro atoms. The van der Waals surface area contributed by atoms with Gasteiger partial charge in [0.15, 0.2) is 10.9 Å². The summed E-state index contributed by atoms with van der Waals surface area (Å²) in [5, 5.41) is 2.65. The minimum atomic E-state index is -0.163. The lowest BCUT2D eigenvalue weighted by molar-refractivity contribution is -0.858. The van der Waals surface area contributed by atoms with Crippen LogP contribution >= 0.6 is 11.3 Å². The molecule has 1 aromatic carbocycles. The molecule has 0 aliphatic carbocycles. The van der Waals surface area contributed by atoms with Crippen molar-refractivity contribution >= 4 is 22.4 Å². The number of thiazole rings is 1. The quantitative estimate of drug-likeness (QED) is 0.647. The highest BCUT2D eigenvalue weighted by Crippen LogP contribution is 2.29. The molecule has 0 saturated carbocycles. The number of anilines is 1. The van der Waals surface area contributed by atoms with Crippen molar-refractivity contribution in [1.29, 1.82) is 0 Å². The van der Waals surface area contributed by atoms with Gasteiger partial charge in [0, 0.05) is 23.9 Å². The van der Waals surface area contributed by atoms with Gasteiger partial charge >= 0.3 is 0 Å². The van der Waals surface area contributed by atoms with Crippen LogP contribution in [0.15, 0.2) is 52.5 Å². The number of hydrogen-bond acceptors (Lipinski definition) is 5. The molecular formula is C20H24N3O3S+. The van der Waals surface area contributed by atoms with Crippen molar-refractivity contribution in [3.05, 3.63) is 53.8 Å². The number of benzene rings is 1. The van der Waals surface area contributed by atoms with E-state index in [1.54, 1.807) is 24.1 Å². The second kappa shape index (κ2) is 8.83. The Hall–Kier alpha value is -2.64. The number of furan rings is 1. The fourth-order valence-corrected chi connectivity index (χ4v) is 3.55. The summed E-state index contributed by atoms with van der Waals surface area (Å²) < 4.78 is 10.5. The first-order valence-corrected chi connectivity index (χ1v) is 9.71. The summed E-state index contributed by atoms with van der Waals surface area (Å²) in [6.07, 6.45) is 2.40. The highest BCUT2D eigenvalue weighted by atomic mass is 32.1. The number of aromatic nitrogens is 1. The maximum atomic E-state index is 12.9. The van der Waals surface area contributed by atoms with Crippen molar-refractivity contribution in [2.75, 3.05) is 39.2 Å². The smallest absolute Gasteiger partial charge is 0.295 e. The van der Waals surface area contributed by atoms with Gasteiger partial charge in [0.2, 0.25) is 0 Å². The molecule has 1 N–H and O–H groups in total. The van der Waals surface area contributed by atoms with Gasteiger partial charge in [-0.05, 0) is 36.4 Å². The van der Waals surface area contributed by atoms with Crippen LogP contribution in [0.4, 0.5) is 5.13 Å². The fraction of sp³-hybridized carbons (Fsp3) is 0.300. The Morgan fingerprint density at radius 2 is 2.04 bits per heavy atom. The van der Waals surface area contributed by atoms with Crippen LogP contribution < -0.4 is 14.5 Å². The largest absolute Gasteiger partial charge is 0.497 e. The number of ether oxygens (including phenoxy) is 1. The van der Waals surface area contributed by atoms with Crippen LogP contribution in [-0.4, -0.2) is 45.2 Å². The second-order valence-electron chi connectivity index (χ2n) is 6.49. The van der Waals surface area contributed by atoms with Gasteiger partial charge in [-0.3, -0.25) is 9.69 Å². The van der Waals surface area contributed by atoms with Crippen molar-refractivity contribution in [1.82, 2.24) is 4.98 Å². The van der Waals surface area contributed by atoms with E-state index < -0.39 is 0 Å². The summed E-state index contributed by atoms with van der Waals surface area (Å²) in [6, 6.07) is 11.1. The Labute approximate surface area is 163 Å². The minimum Gasteiger partial charge on any atom is -0.497 e. The zero-order chi connectivity index (χ0) is 19.2. The van der Waals surface area contributed by atoms with Gasteiger partial charge in [0.25, 0.3) is 5.91 Å². The topological polar surface area (TPSA) is 60.0 Å². The minimum absolute atomic E-state index is 0.163. The van der Waals surface area contributed by atoms with Crippen LogP contribution in [0.1, 0.15) is 17.0 Å². The third-order valence-corrected chi connectivity index (χ3v) is 5.01. The predicted octanol–water partition coefficient (Wildman–Crippen LogP) is 2.59. The molecule has 1 amide bonds. The molecule has 0 aliphatic rings. The monoisotopic (exact) mass is 386 g/mol. The van der Waals surface area contributed by atoms with Crippen molar-refractivity contribution in [3.8, 4) is 17.0 Å². The number of quaternary nitrogens is 1. The number of methoxy groups -OCH3 is 1. The molecule has 27 heavy (non-hydrogen) atoms. The Morgan fingerprint density at radius 1 is 1.26 bits per heavy atom. The number of nitrogens with zero attached hydrogens (tertiary/aromatic N) is 2. The van der Waals surface area contributed by atoms with E-state index in [4.69, 9.17) is 14.1 Å². The average Bonchev–Trinajstić information content (AvgIpc) is 3.36. The van der Waals surface area contributed by atoms with Crippen LogP contribution in [0.3, 0.4) is 0 Å². The van der Waals surface area contributed by atoms with E-state index in [2.05, 4.69) is 14.1 Å². The van der Waals surface area contributed by atoms with Gasteiger partial charge in [-0.2, -0.15) is 0 Å². The number of carbonyl (C=O) groups excluding carboxylic acids is 1. The number of carbonyl (C=O) groups is 1. The number of nitrogens with one attached hydrogen (secondary N) is 1. The SMILES string of the molecule is COc1ccc(-c2csc(N(CCC[NH+](C)C)C(=O)c3ccco3)n2)cc1. The fourth-order valence-electron chi connectivity index (χ4n) is 2.69. The zero-order valence-corrected chi connectivity index (χ0v) is 16.6. The van der Waals surface area contributed by atoms with Crippen LogP contribution in [0.25, 0.3) is 11.3 Å². The van der Waals surface area contributed by atoms with Crippen LogP contribution in [-0.2, 0) is 0 Å². The zero-order valence-electron chi connectivity index (χ0n) is 15.8. The predicted molar refractivity (Wildman–Crippen MR) is 107 cm³/mol. The summed E-state index contributed by atoms with van der Waals surface area (Å²) in [4.78, 5) is 20.6. The van der Waals surface area contributed by atoms with Crippen molar-refractivity contribution in [3.63, 3.8) is 0 Å². The third kappa shape index (κ3) is 4.75. The molecule has 0 fully saturated rings. The van der Waals surface area contributed by atoms with Gasteiger partial charge in [-0.1, -0.05) is 0 Å². The molecule has 7 heteroatoms. The molecule has 2 aromatic heterocycles. The van der Waals surface area contributed by atoms with E-state index in [9.17, 15) is 4.79 Å². The van der Waals surface area contributed by atoms with E-state index in [-0.39, 0.29) is 5.91 Å². The maximum Gasteiger partial charge on any atom is 0.295 e. The lowest BCUT2D eigenvalue weighted by atomic mass is 10.2. The molecule has 0 bridgehead atoms. The van der Waals surface area contributed by atoms with E-state index in [1.807, 2.05) is 29.6 Å². The van der Waals surface area contributed by atoms with Gasteiger partial charge < -0.3 is 14.1 Å². The molecule has 142 valence electrons. The van der Waals surface area contributed by atoms with Gasteiger partial charge in [-0.15, -0.1) is 11.3 Å². The summed E-state index contributed by atoms with van der Waals surface area (Å²) in [5.74, 6) is 0.966. The molecule has 0 aliphatic heterocycles. The molecule has 6 nitrogen and oxygen atoms in total. The highest BCUT2D eigenvalue weighted by Gasteiger charge is 2.23. The van der Waals surface area contributed by atoms with Crippen molar-refractivity contribution in [2.24, 2.45) is 0 Å². The third-order valence-electron chi connectivity index (χ3n) is 4.14. The van der Waals surface area contributed by atoms with Crippen molar-refractivity contribution < 1.29 is 18.8 Å². The maximum absolute atomic E-state index is 12.9. The number of amides is 1. The average molecular weight is 386 g/mol. The van der Waals surface area contributed by atoms with Gasteiger partial charge in [-0.25, -0.2) is 4.98 Å². The second-order valence-corrected chi connectivity index (χ2v) is 7.33.